The Morgan fingerprint density at radius 1 is 1.18 bits per heavy atom. The van der Waals surface area contributed by atoms with Crippen LogP contribution >= 0.6 is 35.3 Å². The molecule has 5 nitrogen and oxygen atoms in total. The minimum absolute atomic E-state index is 0. The van der Waals surface area contributed by atoms with Crippen LogP contribution in [0.3, 0.4) is 0 Å². The third kappa shape index (κ3) is 8.21. The zero-order valence-corrected chi connectivity index (χ0v) is 18.8. The van der Waals surface area contributed by atoms with Crippen molar-refractivity contribution in [2.45, 2.75) is 25.9 Å². The van der Waals surface area contributed by atoms with Crippen LogP contribution in [0, 0.1) is 0 Å². The van der Waals surface area contributed by atoms with Crippen LogP contribution in [0.1, 0.15) is 23.2 Å². The van der Waals surface area contributed by atoms with Crippen molar-refractivity contribution in [1.29, 1.82) is 0 Å². The Kier molecular flexibility index (Phi) is 10.6. The molecule has 0 atom stereocenters. The molecular weight excluding hydrogens is 504 g/mol. The van der Waals surface area contributed by atoms with Gasteiger partial charge in [-0.25, -0.2) is 4.98 Å². The summed E-state index contributed by atoms with van der Waals surface area (Å²) in [6.07, 6.45) is -3.21. The molecule has 1 aromatic carbocycles. The predicted octanol–water partition coefficient (Wildman–Crippen LogP) is 4.13. The number of hydrogen-bond donors (Lipinski definition) is 2. The van der Waals surface area contributed by atoms with Gasteiger partial charge in [-0.3, -0.25) is 4.99 Å². The van der Waals surface area contributed by atoms with Crippen LogP contribution in [-0.2, 0) is 19.0 Å². The van der Waals surface area contributed by atoms with Crippen LogP contribution in [-0.4, -0.2) is 37.7 Å². The zero-order chi connectivity index (χ0) is 19.7. The third-order valence-corrected chi connectivity index (χ3v) is 4.56. The molecule has 0 amide bonds. The highest BCUT2D eigenvalue weighted by Gasteiger charge is 2.33. The van der Waals surface area contributed by atoms with E-state index < -0.39 is 11.9 Å². The highest BCUT2D eigenvalue weighted by atomic mass is 127. The fourth-order valence-electron chi connectivity index (χ4n) is 2.28. The number of benzene rings is 1. The first-order valence-corrected chi connectivity index (χ1v) is 9.47. The lowest BCUT2D eigenvalue weighted by Gasteiger charge is -2.11. The number of thiazole rings is 1. The summed E-state index contributed by atoms with van der Waals surface area (Å²) in [5.41, 5.74) is 0.331. The van der Waals surface area contributed by atoms with Gasteiger partial charge in [-0.2, -0.15) is 13.2 Å². The summed E-state index contributed by atoms with van der Waals surface area (Å²) in [5, 5.41) is 7.82. The van der Waals surface area contributed by atoms with Crippen LogP contribution in [0.4, 0.5) is 13.2 Å². The average Bonchev–Trinajstić information content (AvgIpc) is 3.12. The summed E-state index contributed by atoms with van der Waals surface area (Å²) in [6.45, 7) is 3.71. The van der Waals surface area contributed by atoms with Crippen molar-refractivity contribution in [3.8, 4) is 5.75 Å². The number of ether oxygens (including phenoxy) is 1. The summed E-state index contributed by atoms with van der Waals surface area (Å²) >= 11 is 1.01. The highest BCUT2D eigenvalue weighted by Crippen LogP contribution is 2.30. The fourth-order valence-corrected chi connectivity index (χ4v) is 3.07. The number of guanidine groups is 1. The van der Waals surface area contributed by atoms with Crippen molar-refractivity contribution >= 4 is 41.3 Å². The lowest BCUT2D eigenvalue weighted by molar-refractivity contribution is -0.140. The lowest BCUT2D eigenvalue weighted by Crippen LogP contribution is -2.38. The second kappa shape index (κ2) is 12.1. The smallest absolute Gasteiger partial charge is 0.434 e. The molecule has 0 radical (unpaired) electrons. The van der Waals surface area contributed by atoms with Crippen molar-refractivity contribution in [2.24, 2.45) is 4.99 Å². The zero-order valence-electron chi connectivity index (χ0n) is 15.7. The number of halogens is 4. The summed E-state index contributed by atoms with van der Waals surface area (Å²) in [4.78, 5) is 8.01. The van der Waals surface area contributed by atoms with Crippen molar-refractivity contribution in [3.05, 3.63) is 45.9 Å². The fraction of sp³-hybridized carbons (Fsp3) is 0.444. The Bertz CT molecular complexity index is 735. The Labute approximate surface area is 183 Å². The van der Waals surface area contributed by atoms with E-state index in [-0.39, 0.29) is 24.0 Å². The molecule has 0 bridgehead atoms. The maximum Gasteiger partial charge on any atom is 0.434 e. The molecule has 10 heteroatoms. The van der Waals surface area contributed by atoms with Gasteiger partial charge in [0.15, 0.2) is 11.7 Å². The van der Waals surface area contributed by atoms with Crippen molar-refractivity contribution in [3.63, 3.8) is 0 Å². The Hall–Kier alpha value is -1.56. The largest absolute Gasteiger partial charge is 0.497 e. The van der Waals surface area contributed by atoms with Crippen LogP contribution in [0.15, 0.2) is 34.6 Å². The second-order valence-electron chi connectivity index (χ2n) is 5.66. The third-order valence-electron chi connectivity index (χ3n) is 3.65. The minimum Gasteiger partial charge on any atom is -0.497 e. The molecule has 0 spiro atoms. The Morgan fingerprint density at radius 3 is 2.46 bits per heavy atom. The maximum atomic E-state index is 12.6. The van der Waals surface area contributed by atoms with Gasteiger partial charge in [0.05, 0.1) is 12.1 Å². The van der Waals surface area contributed by atoms with Gasteiger partial charge in [-0.15, -0.1) is 35.3 Å². The summed E-state index contributed by atoms with van der Waals surface area (Å²) < 4.78 is 42.8. The summed E-state index contributed by atoms with van der Waals surface area (Å²) in [5.74, 6) is 1.45. The van der Waals surface area contributed by atoms with Crippen LogP contribution in [0.2, 0.25) is 0 Å². The van der Waals surface area contributed by atoms with E-state index in [1.807, 2.05) is 31.2 Å². The van der Waals surface area contributed by atoms with E-state index in [2.05, 4.69) is 20.6 Å². The molecule has 1 aromatic heterocycles. The molecule has 0 saturated carbocycles. The van der Waals surface area contributed by atoms with Crippen molar-refractivity contribution in [2.75, 3.05) is 26.7 Å². The molecule has 156 valence electrons. The van der Waals surface area contributed by atoms with Gasteiger partial charge in [0.2, 0.25) is 0 Å². The molecule has 2 rings (SSSR count). The molecule has 0 aliphatic heterocycles. The highest BCUT2D eigenvalue weighted by molar-refractivity contribution is 14.0. The van der Waals surface area contributed by atoms with Gasteiger partial charge in [0.25, 0.3) is 0 Å². The lowest BCUT2D eigenvalue weighted by atomic mass is 10.1. The van der Waals surface area contributed by atoms with E-state index in [0.29, 0.717) is 37.0 Å². The number of hydrogen-bond acceptors (Lipinski definition) is 4. The molecule has 2 N–H and O–H groups in total. The number of alkyl halides is 3. The number of nitrogens with one attached hydrogen (secondary N) is 2. The number of rotatable bonds is 8. The van der Waals surface area contributed by atoms with Gasteiger partial charge in [0.1, 0.15) is 5.75 Å². The topological polar surface area (TPSA) is 58.5 Å². The van der Waals surface area contributed by atoms with Gasteiger partial charge >= 0.3 is 6.18 Å². The summed E-state index contributed by atoms with van der Waals surface area (Å²) in [7, 11) is 1.63. The standard InChI is InChI=1S/C18H23F3N4OS.HI/c1-3-22-17(23-10-8-13-4-6-14(26-2)7-5-13)24-11-9-16-25-15(12-27-16)18(19,20)21;/h4-7,12H,3,8-11H2,1-2H3,(H2,22,23,24);1H. The second-order valence-corrected chi connectivity index (χ2v) is 6.60. The SMILES string of the molecule is CCNC(=NCCc1nc(C(F)(F)F)cs1)NCCc1ccc(OC)cc1.I. The van der Waals surface area contributed by atoms with Crippen LogP contribution in [0.25, 0.3) is 0 Å². The van der Waals surface area contributed by atoms with Crippen LogP contribution < -0.4 is 15.4 Å². The van der Waals surface area contributed by atoms with Crippen molar-refractivity contribution < 1.29 is 17.9 Å². The Balaban J connectivity index is 0.00000392. The van der Waals surface area contributed by atoms with E-state index >= 15 is 0 Å². The molecule has 0 aliphatic rings. The number of nitrogens with zero attached hydrogens (tertiary/aromatic N) is 2. The predicted molar refractivity (Wildman–Crippen MR) is 117 cm³/mol. The van der Waals surface area contributed by atoms with Gasteiger partial charge in [-0.05, 0) is 31.0 Å². The molecular formula is C18H24F3IN4OS. The van der Waals surface area contributed by atoms with Gasteiger partial charge in [-0.1, -0.05) is 12.1 Å². The van der Waals surface area contributed by atoms with E-state index in [0.717, 1.165) is 28.9 Å². The molecule has 28 heavy (non-hydrogen) atoms. The van der Waals surface area contributed by atoms with Gasteiger partial charge in [0, 0.05) is 31.4 Å². The molecule has 2 aromatic rings. The molecule has 0 fully saturated rings. The first-order valence-electron chi connectivity index (χ1n) is 8.59. The summed E-state index contributed by atoms with van der Waals surface area (Å²) in [6, 6.07) is 7.84. The molecule has 0 saturated heterocycles. The number of aliphatic imine (C=N–C) groups is 1. The average molecular weight is 528 g/mol. The van der Waals surface area contributed by atoms with E-state index in [4.69, 9.17) is 4.74 Å². The van der Waals surface area contributed by atoms with Gasteiger partial charge < -0.3 is 15.4 Å². The molecule has 0 aliphatic carbocycles. The van der Waals surface area contributed by atoms with E-state index in [1.165, 1.54) is 5.56 Å². The molecule has 1 heterocycles. The Morgan fingerprint density at radius 2 is 1.89 bits per heavy atom. The van der Waals surface area contributed by atoms with E-state index in [9.17, 15) is 13.2 Å². The van der Waals surface area contributed by atoms with Crippen molar-refractivity contribution in [1.82, 2.24) is 15.6 Å². The number of methoxy groups -OCH3 is 1. The van der Waals surface area contributed by atoms with E-state index in [1.54, 1.807) is 7.11 Å². The minimum atomic E-state index is -4.39. The maximum absolute atomic E-state index is 12.6. The first-order chi connectivity index (χ1) is 12.9. The normalized spacial score (nSPS) is 11.7. The first kappa shape index (κ1) is 24.5. The monoisotopic (exact) mass is 528 g/mol. The number of aromatic nitrogens is 1. The quantitative estimate of drug-likeness (QED) is 0.308. The molecule has 0 unspecified atom stereocenters. The van der Waals surface area contributed by atoms with Crippen LogP contribution in [0.5, 0.6) is 5.75 Å².